The third-order valence-corrected chi connectivity index (χ3v) is 9.64. The summed E-state index contributed by atoms with van der Waals surface area (Å²) in [4.78, 5) is 0. The molecule has 3 saturated carbocycles. The van der Waals surface area contributed by atoms with E-state index in [0.717, 1.165) is 37.2 Å². The minimum absolute atomic E-state index is 0.383. The summed E-state index contributed by atoms with van der Waals surface area (Å²) in [6, 6.07) is 0. The Balaban J connectivity index is 1.65. The van der Waals surface area contributed by atoms with Crippen LogP contribution >= 0.6 is 0 Å². The van der Waals surface area contributed by atoms with Gasteiger partial charge in [0.2, 0.25) is 0 Å². The van der Waals surface area contributed by atoms with E-state index in [9.17, 15) is 15.3 Å². The van der Waals surface area contributed by atoms with E-state index < -0.39 is 17.8 Å². The molecule has 0 amide bonds. The summed E-state index contributed by atoms with van der Waals surface area (Å²) in [5.74, 6) is 2.13. The van der Waals surface area contributed by atoms with E-state index in [4.69, 9.17) is 0 Å². The van der Waals surface area contributed by atoms with Crippen molar-refractivity contribution in [2.75, 3.05) is 0 Å². The van der Waals surface area contributed by atoms with E-state index in [-0.39, 0.29) is 0 Å². The van der Waals surface area contributed by atoms with Crippen LogP contribution in [0.5, 0.6) is 0 Å². The Morgan fingerprint density at radius 1 is 1.12 bits per heavy atom. The van der Waals surface area contributed by atoms with Gasteiger partial charge >= 0.3 is 0 Å². The summed E-state index contributed by atoms with van der Waals surface area (Å²) in [6.45, 7) is 13.0. The first-order valence-electron chi connectivity index (χ1n) is 13.3. The van der Waals surface area contributed by atoms with Crippen molar-refractivity contribution >= 4 is 0 Å². The molecule has 0 aromatic heterocycles. The van der Waals surface area contributed by atoms with Gasteiger partial charge in [-0.2, -0.15) is 0 Å². The highest BCUT2D eigenvalue weighted by Gasteiger charge is 2.50. The molecule has 0 aliphatic heterocycles. The van der Waals surface area contributed by atoms with Crippen molar-refractivity contribution in [3.63, 3.8) is 0 Å². The number of rotatable bonds is 8. The Labute approximate surface area is 196 Å². The van der Waals surface area contributed by atoms with Gasteiger partial charge in [0.1, 0.15) is 0 Å². The summed E-state index contributed by atoms with van der Waals surface area (Å²) in [7, 11) is 0. The smallest absolute Gasteiger partial charge is 0.0809 e. The number of allylic oxidation sites excluding steroid dienone is 3. The van der Waals surface area contributed by atoms with Crippen molar-refractivity contribution in [1.29, 1.82) is 0 Å². The van der Waals surface area contributed by atoms with Crippen LogP contribution in [0.15, 0.2) is 35.5 Å². The Morgan fingerprint density at radius 2 is 1.78 bits per heavy atom. The fraction of sp³-hybridized carbons (Fsp3) is 0.793. The Kier molecular flexibility index (Phi) is 8.50. The maximum absolute atomic E-state index is 10.6. The number of fused-ring (bicyclic) bond motifs is 1. The van der Waals surface area contributed by atoms with Gasteiger partial charge in [-0.15, -0.1) is 0 Å². The molecule has 0 aromatic rings. The van der Waals surface area contributed by atoms with Crippen molar-refractivity contribution < 1.29 is 15.3 Å². The second-order valence-electron chi connectivity index (χ2n) is 11.5. The van der Waals surface area contributed by atoms with Crippen LogP contribution in [-0.4, -0.2) is 33.1 Å². The topological polar surface area (TPSA) is 60.7 Å². The van der Waals surface area contributed by atoms with Gasteiger partial charge in [-0.3, -0.25) is 0 Å². The van der Waals surface area contributed by atoms with E-state index in [1.165, 1.54) is 38.5 Å². The summed E-state index contributed by atoms with van der Waals surface area (Å²) in [5.41, 5.74) is 3.19. The van der Waals surface area contributed by atoms with Crippen molar-refractivity contribution in [2.24, 2.45) is 23.2 Å². The van der Waals surface area contributed by atoms with Gasteiger partial charge in [0.25, 0.3) is 0 Å². The standard InChI is InChI=1S/C29H48O3/c1-6-29(32,7-2)17-8-10-20(3)24-14-15-25-23(11-9-16-28(24,25)5)13-12-22-18-26(30)21(4)27(31)19-22/h12-13,20,24-27,30-32H,4,6-11,14-19H2,1-3,5H3/t20-,24?,25?,26+,27+,28+/m0/s1. The van der Waals surface area contributed by atoms with Crippen LogP contribution in [-0.2, 0) is 0 Å². The van der Waals surface area contributed by atoms with Crippen LogP contribution < -0.4 is 0 Å². The van der Waals surface area contributed by atoms with Crippen molar-refractivity contribution in [3.8, 4) is 0 Å². The summed E-state index contributed by atoms with van der Waals surface area (Å²) in [6.07, 6.45) is 15.9. The highest BCUT2D eigenvalue weighted by molar-refractivity contribution is 5.29. The largest absolute Gasteiger partial charge is 0.390 e. The number of hydrogen-bond acceptors (Lipinski definition) is 3. The highest BCUT2D eigenvalue weighted by Crippen LogP contribution is 2.60. The van der Waals surface area contributed by atoms with Crippen molar-refractivity contribution in [2.45, 2.75) is 123 Å². The maximum Gasteiger partial charge on any atom is 0.0809 e. The monoisotopic (exact) mass is 444 g/mol. The lowest BCUT2D eigenvalue weighted by Crippen LogP contribution is -2.36. The average Bonchev–Trinajstić information content (AvgIpc) is 3.13. The van der Waals surface area contributed by atoms with E-state index in [2.05, 4.69) is 46.4 Å². The molecule has 0 bridgehead atoms. The van der Waals surface area contributed by atoms with Crippen molar-refractivity contribution in [1.82, 2.24) is 0 Å². The molecule has 3 aliphatic carbocycles. The third-order valence-electron chi connectivity index (χ3n) is 9.64. The molecule has 0 heterocycles. The number of aliphatic hydroxyl groups is 3. The highest BCUT2D eigenvalue weighted by atomic mass is 16.3. The van der Waals surface area contributed by atoms with Gasteiger partial charge in [-0.1, -0.05) is 70.4 Å². The molecule has 0 saturated heterocycles. The molecule has 0 radical (unpaired) electrons. The molecule has 2 unspecified atom stereocenters. The van der Waals surface area contributed by atoms with E-state index in [1.54, 1.807) is 5.57 Å². The van der Waals surface area contributed by atoms with Crippen LogP contribution in [0.3, 0.4) is 0 Å². The maximum atomic E-state index is 10.6. The van der Waals surface area contributed by atoms with Crippen LogP contribution in [0.25, 0.3) is 0 Å². The number of hydrogen-bond donors (Lipinski definition) is 3. The first-order valence-corrected chi connectivity index (χ1v) is 13.3. The second-order valence-corrected chi connectivity index (χ2v) is 11.5. The quantitative estimate of drug-likeness (QED) is 0.375. The summed E-state index contributed by atoms with van der Waals surface area (Å²) in [5, 5.41) is 31.0. The molecule has 3 rings (SSSR count). The summed E-state index contributed by atoms with van der Waals surface area (Å²) < 4.78 is 0. The molecule has 3 N–H and O–H groups in total. The van der Waals surface area contributed by atoms with Crippen molar-refractivity contribution in [3.05, 3.63) is 35.5 Å². The zero-order chi connectivity index (χ0) is 23.5. The molecule has 3 nitrogen and oxygen atoms in total. The first-order chi connectivity index (χ1) is 15.1. The SMILES string of the molecule is C=C1[C@H](O)CC(=CC=C2CCC[C@@]3(C)C2CCC3[C@@H](C)CCCC(O)(CC)CC)C[C@H]1O. The fourth-order valence-electron chi connectivity index (χ4n) is 7.20. The average molecular weight is 445 g/mol. The van der Waals surface area contributed by atoms with E-state index in [1.807, 2.05) is 0 Å². The third kappa shape index (κ3) is 5.42. The second kappa shape index (κ2) is 10.6. The van der Waals surface area contributed by atoms with Gasteiger partial charge in [0, 0.05) is 0 Å². The zero-order valence-electron chi connectivity index (χ0n) is 21.1. The Bertz CT molecular complexity index is 700. The molecule has 32 heavy (non-hydrogen) atoms. The molecule has 6 atom stereocenters. The van der Waals surface area contributed by atoms with Crippen LogP contribution in [0.1, 0.15) is 105 Å². The predicted octanol–water partition coefficient (Wildman–Crippen LogP) is 6.48. The van der Waals surface area contributed by atoms with Crippen LogP contribution in [0.4, 0.5) is 0 Å². The molecule has 3 aliphatic rings. The van der Waals surface area contributed by atoms with E-state index >= 15 is 0 Å². The zero-order valence-corrected chi connectivity index (χ0v) is 21.1. The van der Waals surface area contributed by atoms with E-state index in [0.29, 0.717) is 35.7 Å². The lowest BCUT2D eigenvalue weighted by molar-refractivity contribution is 0.0178. The van der Waals surface area contributed by atoms with Crippen LogP contribution in [0, 0.1) is 23.2 Å². The molecular formula is C29H48O3. The van der Waals surface area contributed by atoms with Crippen LogP contribution in [0.2, 0.25) is 0 Å². The minimum Gasteiger partial charge on any atom is -0.390 e. The molecular weight excluding hydrogens is 396 g/mol. The normalized spacial score (nSPS) is 35.8. The molecule has 0 aromatic carbocycles. The van der Waals surface area contributed by atoms with Gasteiger partial charge < -0.3 is 15.3 Å². The lowest BCUT2D eigenvalue weighted by Gasteiger charge is -2.44. The Morgan fingerprint density at radius 3 is 2.41 bits per heavy atom. The summed E-state index contributed by atoms with van der Waals surface area (Å²) >= 11 is 0. The number of aliphatic hydroxyl groups excluding tert-OH is 2. The Hall–Kier alpha value is -0.900. The predicted molar refractivity (Wildman–Crippen MR) is 133 cm³/mol. The van der Waals surface area contributed by atoms with Gasteiger partial charge in [-0.05, 0) is 93.0 Å². The van der Waals surface area contributed by atoms with Gasteiger partial charge in [-0.25, -0.2) is 0 Å². The van der Waals surface area contributed by atoms with Gasteiger partial charge in [0.05, 0.1) is 17.8 Å². The molecule has 182 valence electrons. The fourth-order valence-corrected chi connectivity index (χ4v) is 7.20. The molecule has 3 fully saturated rings. The lowest BCUT2D eigenvalue weighted by atomic mass is 9.60. The first kappa shape index (κ1) is 25.7. The molecule has 0 spiro atoms. The van der Waals surface area contributed by atoms with Gasteiger partial charge in [0.15, 0.2) is 0 Å². The molecule has 3 heteroatoms. The minimum atomic E-state index is -0.616.